The van der Waals surface area contributed by atoms with E-state index < -0.39 is 6.10 Å². The lowest BCUT2D eigenvalue weighted by Crippen LogP contribution is -2.30. The molecule has 0 aromatic carbocycles. The number of esters is 3. The van der Waals surface area contributed by atoms with Crippen LogP contribution in [0.3, 0.4) is 0 Å². The van der Waals surface area contributed by atoms with Gasteiger partial charge in [0.05, 0.1) is 0 Å². The van der Waals surface area contributed by atoms with Crippen LogP contribution in [-0.2, 0) is 28.6 Å². The van der Waals surface area contributed by atoms with Gasteiger partial charge < -0.3 is 14.2 Å². The lowest BCUT2D eigenvalue weighted by atomic mass is 10.1. The number of carbonyl (C=O) groups is 3. The number of rotatable bonds is 51. The number of hydrogen-bond donors (Lipinski definition) is 0. The quantitative estimate of drug-likeness (QED) is 0.0262. The summed E-state index contributed by atoms with van der Waals surface area (Å²) in [6.07, 6.45) is 75.4. The van der Waals surface area contributed by atoms with E-state index in [-0.39, 0.29) is 44.0 Å². The Hall–Kier alpha value is -3.67. The average Bonchev–Trinajstić information content (AvgIpc) is 3.35. The van der Waals surface area contributed by atoms with Crippen LogP contribution in [0, 0.1) is 0 Å². The van der Waals surface area contributed by atoms with Crippen molar-refractivity contribution in [2.75, 3.05) is 13.2 Å². The van der Waals surface area contributed by atoms with Crippen LogP contribution in [0.25, 0.3) is 0 Å². The van der Waals surface area contributed by atoms with E-state index in [1.54, 1.807) is 0 Å². The van der Waals surface area contributed by atoms with Crippen molar-refractivity contribution in [2.45, 2.75) is 271 Å². The molecule has 0 unspecified atom stereocenters. The maximum absolute atomic E-state index is 12.8. The Labute approximate surface area is 426 Å². The summed E-state index contributed by atoms with van der Waals surface area (Å²) in [7, 11) is 0. The molecule has 0 radical (unpaired) electrons. The fourth-order valence-electron chi connectivity index (χ4n) is 7.67. The molecule has 0 fully saturated rings. The molecule has 0 aliphatic heterocycles. The van der Waals surface area contributed by atoms with Crippen molar-refractivity contribution in [3.05, 3.63) is 97.2 Å². The van der Waals surface area contributed by atoms with Crippen molar-refractivity contribution in [3.63, 3.8) is 0 Å². The molecule has 6 heteroatoms. The highest BCUT2D eigenvalue weighted by Gasteiger charge is 2.19. The third-order valence-corrected chi connectivity index (χ3v) is 12.0. The number of ether oxygens (including phenoxy) is 3. The maximum Gasteiger partial charge on any atom is 0.306 e. The molecule has 0 N–H and O–H groups in total. The van der Waals surface area contributed by atoms with Crippen LogP contribution in [0.2, 0.25) is 0 Å². The van der Waals surface area contributed by atoms with Gasteiger partial charge in [-0.1, -0.05) is 221 Å². The second kappa shape index (κ2) is 56.9. The third kappa shape index (κ3) is 55.1. The minimum atomic E-state index is -0.814. The van der Waals surface area contributed by atoms with Gasteiger partial charge in [-0.25, -0.2) is 0 Å². The summed E-state index contributed by atoms with van der Waals surface area (Å²) in [5.74, 6) is -0.988. The summed E-state index contributed by atoms with van der Waals surface area (Å²) in [6.45, 7) is 6.52. The number of allylic oxidation sites excluding steroid dienone is 16. The van der Waals surface area contributed by atoms with E-state index in [9.17, 15) is 14.4 Å². The highest BCUT2D eigenvalue weighted by Crippen LogP contribution is 2.13. The fraction of sp³-hybridized carbons (Fsp3) is 0.698. The van der Waals surface area contributed by atoms with Crippen molar-refractivity contribution >= 4 is 17.9 Å². The van der Waals surface area contributed by atoms with Crippen LogP contribution in [0.15, 0.2) is 97.2 Å². The fourth-order valence-corrected chi connectivity index (χ4v) is 7.67. The van der Waals surface area contributed by atoms with E-state index in [0.29, 0.717) is 12.8 Å². The molecule has 6 nitrogen and oxygen atoms in total. The van der Waals surface area contributed by atoms with E-state index >= 15 is 0 Å². The van der Waals surface area contributed by atoms with Crippen LogP contribution in [0.4, 0.5) is 0 Å². The Morgan fingerprint density at radius 1 is 0.290 bits per heavy atom. The van der Waals surface area contributed by atoms with Gasteiger partial charge in [0, 0.05) is 19.3 Å². The van der Waals surface area contributed by atoms with Crippen LogP contribution in [0.1, 0.15) is 265 Å². The molecule has 0 saturated heterocycles. The minimum absolute atomic E-state index is 0.107. The van der Waals surface area contributed by atoms with Crippen LogP contribution >= 0.6 is 0 Å². The van der Waals surface area contributed by atoms with Crippen LogP contribution in [-0.4, -0.2) is 37.2 Å². The lowest BCUT2D eigenvalue weighted by Gasteiger charge is -2.18. The largest absolute Gasteiger partial charge is 0.462 e. The first-order chi connectivity index (χ1) is 34.0. The van der Waals surface area contributed by atoms with Crippen molar-refractivity contribution < 1.29 is 28.6 Å². The third-order valence-electron chi connectivity index (χ3n) is 12.0. The zero-order valence-corrected chi connectivity index (χ0v) is 45.0. The second-order valence-corrected chi connectivity index (χ2v) is 18.8. The molecule has 0 aromatic rings. The molecule has 394 valence electrons. The molecule has 0 aliphatic rings. The van der Waals surface area contributed by atoms with Crippen molar-refractivity contribution in [1.82, 2.24) is 0 Å². The monoisotopic (exact) mass is 959 g/mol. The van der Waals surface area contributed by atoms with Gasteiger partial charge in [0.25, 0.3) is 0 Å². The zero-order valence-electron chi connectivity index (χ0n) is 45.0. The Bertz CT molecular complexity index is 1380. The molecular formula is C63H106O6. The molecule has 0 aliphatic carbocycles. The molecule has 1 atom stereocenters. The van der Waals surface area contributed by atoms with Gasteiger partial charge in [0.1, 0.15) is 13.2 Å². The van der Waals surface area contributed by atoms with Gasteiger partial charge in [0.15, 0.2) is 6.10 Å². The highest BCUT2D eigenvalue weighted by molar-refractivity contribution is 5.71. The first-order valence-corrected chi connectivity index (χ1v) is 28.7. The van der Waals surface area contributed by atoms with E-state index in [4.69, 9.17) is 14.2 Å². The number of carbonyl (C=O) groups excluding carboxylic acids is 3. The molecular weight excluding hydrogens is 853 g/mol. The predicted octanol–water partition coefficient (Wildman–Crippen LogP) is 19.3. The normalized spacial score (nSPS) is 12.8. The van der Waals surface area contributed by atoms with E-state index in [1.807, 2.05) is 0 Å². The summed E-state index contributed by atoms with van der Waals surface area (Å²) in [5.41, 5.74) is 0. The van der Waals surface area contributed by atoms with Gasteiger partial charge >= 0.3 is 17.9 Å². The Morgan fingerprint density at radius 3 is 0.899 bits per heavy atom. The van der Waals surface area contributed by atoms with Gasteiger partial charge in [-0.15, -0.1) is 0 Å². The molecule has 0 bridgehead atoms. The van der Waals surface area contributed by atoms with Gasteiger partial charge in [-0.2, -0.15) is 0 Å². The van der Waals surface area contributed by atoms with Crippen molar-refractivity contribution in [2.24, 2.45) is 0 Å². The Kier molecular flexibility index (Phi) is 53.9. The summed E-state index contributed by atoms with van der Waals surface area (Å²) >= 11 is 0. The maximum atomic E-state index is 12.8. The molecule has 69 heavy (non-hydrogen) atoms. The zero-order chi connectivity index (χ0) is 50.0. The smallest absolute Gasteiger partial charge is 0.306 e. The molecule has 0 spiro atoms. The van der Waals surface area contributed by atoms with Crippen molar-refractivity contribution in [3.8, 4) is 0 Å². The summed E-state index contributed by atoms with van der Waals surface area (Å²) in [5, 5.41) is 0. The first-order valence-electron chi connectivity index (χ1n) is 28.7. The standard InChI is InChI=1S/C63H106O6/c1-4-7-10-13-16-19-22-25-28-31-34-37-40-43-46-49-52-55-61(64)67-58-60(69-63(66)57-54-51-48-45-42-39-36-33-30-27-24-21-18-15-12-9-6-3)59-68-62(65)56-53-50-47-44-41-38-35-32-29-26-23-20-17-14-11-8-5-2/h16,18-19,21,25-30,35-36,38-39,44,47,60H,4-15,17,20,22-24,31-34,37,40-43,45-46,48-59H2,1-3H3/b19-16-,21-18-,28-25-,29-26-,30-27-,38-35-,39-36-,47-44-/t60-/m1/s1. The SMILES string of the molecule is CCCCC/C=C\C/C=C\C/C=C\CCCCCCC(=O)O[C@@H](COC(=O)CCC/C=C\C/C=C\C/C=C\CCCCCCCC)COC(=O)CCCCCCCCC/C=C\C/C=C\CCCCC. The van der Waals surface area contributed by atoms with Crippen LogP contribution in [0.5, 0.6) is 0 Å². The summed E-state index contributed by atoms with van der Waals surface area (Å²) in [6, 6.07) is 0. The first kappa shape index (κ1) is 65.3. The van der Waals surface area contributed by atoms with E-state index in [1.165, 1.54) is 122 Å². The Morgan fingerprint density at radius 2 is 0.536 bits per heavy atom. The van der Waals surface area contributed by atoms with Gasteiger partial charge in [0.2, 0.25) is 0 Å². The number of hydrogen-bond acceptors (Lipinski definition) is 6. The average molecular weight is 960 g/mol. The molecule has 0 heterocycles. The summed E-state index contributed by atoms with van der Waals surface area (Å²) in [4.78, 5) is 38.1. The minimum Gasteiger partial charge on any atom is -0.462 e. The molecule has 0 rings (SSSR count). The van der Waals surface area contributed by atoms with Gasteiger partial charge in [-0.05, 0) is 122 Å². The van der Waals surface area contributed by atoms with E-state index in [2.05, 4.69) is 118 Å². The highest BCUT2D eigenvalue weighted by atomic mass is 16.6. The number of unbranched alkanes of at least 4 members (excludes halogenated alkanes) is 24. The topological polar surface area (TPSA) is 78.9 Å². The van der Waals surface area contributed by atoms with Crippen LogP contribution < -0.4 is 0 Å². The lowest BCUT2D eigenvalue weighted by molar-refractivity contribution is -0.167. The second-order valence-electron chi connectivity index (χ2n) is 18.8. The molecule has 0 saturated carbocycles. The van der Waals surface area contributed by atoms with Gasteiger partial charge in [-0.3, -0.25) is 14.4 Å². The Balaban J connectivity index is 4.52. The predicted molar refractivity (Wildman–Crippen MR) is 297 cm³/mol. The summed E-state index contributed by atoms with van der Waals surface area (Å²) < 4.78 is 16.8. The molecule has 0 aromatic heterocycles. The molecule has 0 amide bonds. The van der Waals surface area contributed by atoms with Crippen molar-refractivity contribution in [1.29, 1.82) is 0 Å². The van der Waals surface area contributed by atoms with E-state index in [0.717, 1.165) is 96.3 Å².